The molecule has 0 bridgehead atoms. The molecule has 0 amide bonds. The summed E-state index contributed by atoms with van der Waals surface area (Å²) in [6.07, 6.45) is 0. The number of nitrogens with two attached hydrogens (primary N) is 1. The molecular formula is C7H8N4S. The molecule has 0 unspecified atom stereocenters. The highest BCUT2D eigenvalue weighted by Crippen LogP contribution is 2.22. The Hall–Kier alpha value is -1.36. The van der Waals surface area contributed by atoms with Gasteiger partial charge in [0.15, 0.2) is 0 Å². The number of hydrogen-bond acceptors (Lipinski definition) is 4. The Balaban J connectivity index is 2.43. The fourth-order valence-electron chi connectivity index (χ4n) is 0.924. The minimum Gasteiger partial charge on any atom is -0.382 e. The van der Waals surface area contributed by atoms with Crippen LogP contribution in [0, 0.1) is 6.92 Å². The Morgan fingerprint density at radius 3 is 2.92 bits per heavy atom. The van der Waals surface area contributed by atoms with E-state index in [1.165, 1.54) is 0 Å². The Kier molecular flexibility index (Phi) is 1.58. The van der Waals surface area contributed by atoms with Gasteiger partial charge in [0.1, 0.15) is 10.8 Å². The molecule has 2 heterocycles. The van der Waals surface area contributed by atoms with Gasteiger partial charge < -0.3 is 5.73 Å². The molecule has 0 aliphatic rings. The van der Waals surface area contributed by atoms with Gasteiger partial charge in [-0.2, -0.15) is 5.10 Å². The van der Waals surface area contributed by atoms with Gasteiger partial charge in [0, 0.05) is 17.1 Å². The van der Waals surface area contributed by atoms with E-state index in [0.29, 0.717) is 5.82 Å². The first-order chi connectivity index (χ1) is 5.75. The summed E-state index contributed by atoms with van der Waals surface area (Å²) in [4.78, 5) is 4.29. The summed E-state index contributed by atoms with van der Waals surface area (Å²) in [5.41, 5.74) is 7.35. The second-order valence-corrected chi connectivity index (χ2v) is 3.36. The molecule has 2 aromatic heterocycles. The molecule has 0 fully saturated rings. The average molecular weight is 180 g/mol. The fourth-order valence-corrected chi connectivity index (χ4v) is 1.69. The van der Waals surface area contributed by atoms with Crippen molar-refractivity contribution in [2.45, 2.75) is 6.92 Å². The number of aryl methyl sites for hydroxylation is 1. The summed E-state index contributed by atoms with van der Waals surface area (Å²) in [5, 5.41) is 9.55. The Morgan fingerprint density at radius 2 is 2.42 bits per heavy atom. The summed E-state index contributed by atoms with van der Waals surface area (Å²) in [6, 6.07) is 1.78. The zero-order valence-corrected chi connectivity index (χ0v) is 7.35. The Bertz CT molecular complexity index is 351. The zero-order valence-electron chi connectivity index (χ0n) is 6.53. The normalized spacial score (nSPS) is 10.4. The SMILES string of the molecule is Cc1csc(-c2cc(N)n[nH]2)n1. The predicted octanol–water partition coefficient (Wildman–Crippen LogP) is 1.42. The minimum atomic E-state index is 0.498. The van der Waals surface area contributed by atoms with Gasteiger partial charge in [-0.25, -0.2) is 4.98 Å². The van der Waals surface area contributed by atoms with Crippen LogP contribution in [-0.4, -0.2) is 15.2 Å². The highest BCUT2D eigenvalue weighted by molar-refractivity contribution is 7.13. The molecule has 3 N–H and O–H groups in total. The molecule has 5 heteroatoms. The van der Waals surface area contributed by atoms with E-state index >= 15 is 0 Å². The highest BCUT2D eigenvalue weighted by atomic mass is 32.1. The number of H-pyrrole nitrogens is 1. The number of rotatable bonds is 1. The van der Waals surface area contributed by atoms with E-state index in [2.05, 4.69) is 15.2 Å². The van der Waals surface area contributed by atoms with Gasteiger partial charge in [-0.1, -0.05) is 0 Å². The van der Waals surface area contributed by atoms with Crippen LogP contribution in [0.5, 0.6) is 0 Å². The van der Waals surface area contributed by atoms with Gasteiger partial charge in [0.25, 0.3) is 0 Å². The third-order valence-corrected chi connectivity index (χ3v) is 2.44. The third-order valence-electron chi connectivity index (χ3n) is 1.45. The number of nitrogens with one attached hydrogen (secondary N) is 1. The molecule has 12 heavy (non-hydrogen) atoms. The average Bonchev–Trinajstić information content (AvgIpc) is 2.58. The van der Waals surface area contributed by atoms with Crippen LogP contribution in [0.25, 0.3) is 10.7 Å². The van der Waals surface area contributed by atoms with Crippen LogP contribution < -0.4 is 5.73 Å². The molecule has 0 aliphatic heterocycles. The van der Waals surface area contributed by atoms with Gasteiger partial charge in [0.2, 0.25) is 0 Å². The van der Waals surface area contributed by atoms with Crippen LogP contribution in [0.2, 0.25) is 0 Å². The summed E-state index contributed by atoms with van der Waals surface area (Å²) in [5.74, 6) is 0.498. The molecule has 0 saturated heterocycles. The van der Waals surface area contributed by atoms with E-state index in [1.807, 2.05) is 12.3 Å². The standard InChI is InChI=1S/C7H8N4S/c1-4-3-12-7(9-4)5-2-6(8)11-10-5/h2-3H,1H3,(H3,8,10,11). The van der Waals surface area contributed by atoms with Crippen LogP contribution in [0.3, 0.4) is 0 Å². The lowest BCUT2D eigenvalue weighted by atomic mass is 10.4. The number of anilines is 1. The first kappa shape index (κ1) is 7.30. The molecule has 0 atom stereocenters. The van der Waals surface area contributed by atoms with Crippen LogP contribution >= 0.6 is 11.3 Å². The molecule has 0 aromatic carbocycles. The van der Waals surface area contributed by atoms with Gasteiger partial charge in [0.05, 0.1) is 5.69 Å². The highest BCUT2D eigenvalue weighted by Gasteiger charge is 2.04. The fraction of sp³-hybridized carbons (Fsp3) is 0.143. The maximum absolute atomic E-state index is 5.46. The quantitative estimate of drug-likeness (QED) is 0.697. The molecule has 0 radical (unpaired) electrons. The maximum atomic E-state index is 5.46. The zero-order chi connectivity index (χ0) is 8.55. The van der Waals surface area contributed by atoms with Crippen molar-refractivity contribution in [1.29, 1.82) is 0 Å². The van der Waals surface area contributed by atoms with Gasteiger partial charge >= 0.3 is 0 Å². The van der Waals surface area contributed by atoms with Crippen molar-refractivity contribution in [3.05, 3.63) is 17.1 Å². The molecule has 62 valence electrons. The van der Waals surface area contributed by atoms with Gasteiger partial charge in [-0.3, -0.25) is 5.10 Å². The van der Waals surface area contributed by atoms with Gasteiger partial charge in [-0.15, -0.1) is 11.3 Å². The second-order valence-electron chi connectivity index (χ2n) is 2.50. The van der Waals surface area contributed by atoms with Crippen molar-refractivity contribution in [2.24, 2.45) is 0 Å². The first-order valence-corrected chi connectivity index (χ1v) is 4.37. The Morgan fingerprint density at radius 1 is 1.58 bits per heavy atom. The largest absolute Gasteiger partial charge is 0.382 e. The van der Waals surface area contributed by atoms with Crippen LogP contribution in [-0.2, 0) is 0 Å². The summed E-state index contributed by atoms with van der Waals surface area (Å²) >= 11 is 1.58. The molecule has 2 aromatic rings. The van der Waals surface area contributed by atoms with E-state index in [4.69, 9.17) is 5.73 Å². The second kappa shape index (κ2) is 2.60. The minimum absolute atomic E-state index is 0.498. The smallest absolute Gasteiger partial charge is 0.145 e. The van der Waals surface area contributed by atoms with Crippen molar-refractivity contribution < 1.29 is 0 Å². The van der Waals surface area contributed by atoms with Crippen LogP contribution in [0.15, 0.2) is 11.4 Å². The number of aromatic amines is 1. The van der Waals surface area contributed by atoms with Crippen LogP contribution in [0.4, 0.5) is 5.82 Å². The maximum Gasteiger partial charge on any atom is 0.145 e. The van der Waals surface area contributed by atoms with E-state index in [0.717, 1.165) is 16.4 Å². The van der Waals surface area contributed by atoms with Crippen molar-refractivity contribution in [2.75, 3.05) is 5.73 Å². The predicted molar refractivity (Wildman–Crippen MR) is 48.8 cm³/mol. The lowest BCUT2D eigenvalue weighted by Crippen LogP contribution is -1.81. The van der Waals surface area contributed by atoms with Crippen molar-refractivity contribution in [3.8, 4) is 10.7 Å². The molecule has 0 spiro atoms. The third kappa shape index (κ3) is 1.18. The Labute approximate surface area is 73.5 Å². The molecule has 2 rings (SSSR count). The summed E-state index contributed by atoms with van der Waals surface area (Å²) < 4.78 is 0. The molecule has 0 aliphatic carbocycles. The monoisotopic (exact) mass is 180 g/mol. The van der Waals surface area contributed by atoms with Crippen molar-refractivity contribution in [3.63, 3.8) is 0 Å². The number of thiazole rings is 1. The van der Waals surface area contributed by atoms with Crippen LogP contribution in [0.1, 0.15) is 5.69 Å². The lowest BCUT2D eigenvalue weighted by molar-refractivity contribution is 1.10. The topological polar surface area (TPSA) is 67.6 Å². The molecule has 0 saturated carbocycles. The first-order valence-electron chi connectivity index (χ1n) is 3.49. The number of aromatic nitrogens is 3. The van der Waals surface area contributed by atoms with E-state index in [1.54, 1.807) is 17.4 Å². The molecule has 4 nitrogen and oxygen atoms in total. The lowest BCUT2D eigenvalue weighted by Gasteiger charge is -1.85. The number of nitrogens with zero attached hydrogens (tertiary/aromatic N) is 2. The summed E-state index contributed by atoms with van der Waals surface area (Å²) in [7, 11) is 0. The van der Waals surface area contributed by atoms with Crippen molar-refractivity contribution in [1.82, 2.24) is 15.2 Å². The van der Waals surface area contributed by atoms with E-state index in [-0.39, 0.29) is 0 Å². The van der Waals surface area contributed by atoms with E-state index < -0.39 is 0 Å². The number of nitrogen functional groups attached to an aromatic ring is 1. The van der Waals surface area contributed by atoms with E-state index in [9.17, 15) is 0 Å². The van der Waals surface area contributed by atoms with Crippen molar-refractivity contribution >= 4 is 17.2 Å². The number of hydrogen-bond donors (Lipinski definition) is 2. The molecular weight excluding hydrogens is 172 g/mol. The van der Waals surface area contributed by atoms with Gasteiger partial charge in [-0.05, 0) is 6.92 Å². The summed E-state index contributed by atoms with van der Waals surface area (Å²) in [6.45, 7) is 1.96.